The van der Waals surface area contributed by atoms with Crippen molar-refractivity contribution in [3.63, 3.8) is 0 Å². The fourth-order valence-electron chi connectivity index (χ4n) is 6.41. The molecule has 2 aromatic heterocycles. The Balaban J connectivity index is 1.83. The molecule has 0 aliphatic carbocycles. The van der Waals surface area contributed by atoms with Gasteiger partial charge >= 0.3 is 0 Å². The van der Waals surface area contributed by atoms with Gasteiger partial charge in [-0.2, -0.15) is 0 Å². The second-order valence-electron chi connectivity index (χ2n) is 10.4. The average Bonchev–Trinajstić information content (AvgIpc) is 3.51. The number of aliphatic imine (C=N–C) groups is 2. The summed E-state index contributed by atoms with van der Waals surface area (Å²) in [5, 5.41) is 2.36. The lowest BCUT2D eigenvalue weighted by atomic mass is 9.95. The van der Waals surface area contributed by atoms with E-state index in [9.17, 15) is 0 Å². The minimum absolute atomic E-state index is 0.182. The molecule has 0 aromatic carbocycles. The zero-order chi connectivity index (χ0) is 25.7. The van der Waals surface area contributed by atoms with Crippen LogP contribution in [-0.2, 0) is 19.3 Å². The molecule has 1 unspecified atom stereocenters. The van der Waals surface area contributed by atoms with E-state index < -0.39 is 0 Å². The molecule has 0 spiro atoms. The maximum Gasteiger partial charge on any atom is 0.0777 e. The number of nitrogens with zero attached hydrogens (tertiary/aromatic N) is 2. The third kappa shape index (κ3) is 3.82. The van der Waals surface area contributed by atoms with Gasteiger partial charge < -0.3 is 9.97 Å². The number of allylic oxidation sites excluding steroid dienone is 4. The van der Waals surface area contributed by atoms with E-state index in [2.05, 4.69) is 83.6 Å². The monoisotopic (exact) mass is 480 g/mol. The highest BCUT2D eigenvalue weighted by molar-refractivity contribution is 6.23. The largest absolute Gasteiger partial charge is 0.358 e. The van der Waals surface area contributed by atoms with E-state index >= 15 is 0 Å². The van der Waals surface area contributed by atoms with Crippen molar-refractivity contribution in [2.75, 3.05) is 0 Å². The van der Waals surface area contributed by atoms with Gasteiger partial charge in [0.05, 0.1) is 23.2 Å². The Morgan fingerprint density at radius 3 is 2.17 bits per heavy atom. The minimum atomic E-state index is 0.182. The van der Waals surface area contributed by atoms with Crippen LogP contribution in [0.25, 0.3) is 12.2 Å². The average molecular weight is 481 g/mol. The Labute approximate surface area is 215 Å². The molecule has 36 heavy (non-hydrogen) atoms. The highest BCUT2D eigenvalue weighted by atomic mass is 14.9. The van der Waals surface area contributed by atoms with E-state index in [4.69, 9.17) is 9.98 Å². The highest BCUT2D eigenvalue weighted by Crippen LogP contribution is 2.33. The summed E-state index contributed by atoms with van der Waals surface area (Å²) in [6.45, 7) is 18.0. The molecule has 2 N–H and O–H groups in total. The molecule has 0 radical (unpaired) electrons. The summed E-state index contributed by atoms with van der Waals surface area (Å²) in [6, 6.07) is 0.182. The lowest BCUT2D eigenvalue weighted by molar-refractivity contribution is 0.733. The number of hydrogen-bond acceptors (Lipinski definition) is 2. The van der Waals surface area contributed by atoms with Gasteiger partial charge in [0.2, 0.25) is 0 Å². The van der Waals surface area contributed by atoms with Crippen LogP contribution in [0.2, 0.25) is 0 Å². The van der Waals surface area contributed by atoms with Gasteiger partial charge in [-0.15, -0.1) is 0 Å². The van der Waals surface area contributed by atoms with Crippen LogP contribution in [0.1, 0.15) is 88.0 Å². The van der Waals surface area contributed by atoms with Crippen molar-refractivity contribution >= 4 is 23.6 Å². The molecule has 188 valence electrons. The van der Waals surface area contributed by atoms with Gasteiger partial charge in [0.1, 0.15) is 0 Å². The SMILES string of the molecule is CCC1=C(C)C2=NC1=CC1=NC(Cc3[nH]c(c(CC)c3C)C=c3[nH]c(c(CC)c3C)=C2)C(CC)=C1C. The van der Waals surface area contributed by atoms with Crippen molar-refractivity contribution in [1.82, 2.24) is 9.97 Å². The maximum atomic E-state index is 5.27. The molecule has 4 nitrogen and oxygen atoms in total. The van der Waals surface area contributed by atoms with Crippen molar-refractivity contribution in [2.45, 2.75) is 93.5 Å². The minimum Gasteiger partial charge on any atom is -0.358 e. The van der Waals surface area contributed by atoms with Crippen LogP contribution in [0.5, 0.6) is 0 Å². The molecule has 2 aromatic rings. The van der Waals surface area contributed by atoms with Crippen LogP contribution in [0.3, 0.4) is 0 Å². The molecule has 0 fully saturated rings. The first kappa shape index (κ1) is 24.5. The van der Waals surface area contributed by atoms with Crippen LogP contribution >= 0.6 is 0 Å². The third-order valence-corrected chi connectivity index (χ3v) is 8.60. The van der Waals surface area contributed by atoms with Gasteiger partial charge in [0.15, 0.2) is 0 Å². The van der Waals surface area contributed by atoms with Crippen LogP contribution in [0.4, 0.5) is 0 Å². The Bertz CT molecular complexity index is 1520. The molecular formula is C32H40N4. The fraction of sp³-hybridized carbons (Fsp3) is 0.438. The second-order valence-corrected chi connectivity index (χ2v) is 10.4. The van der Waals surface area contributed by atoms with Crippen molar-refractivity contribution in [3.8, 4) is 0 Å². The first-order valence-electron chi connectivity index (χ1n) is 13.7. The van der Waals surface area contributed by atoms with E-state index in [-0.39, 0.29) is 6.04 Å². The molecule has 5 rings (SSSR count). The molecular weight excluding hydrogens is 440 g/mol. The molecule has 5 heterocycles. The van der Waals surface area contributed by atoms with E-state index in [0.29, 0.717) is 0 Å². The molecule has 3 aliphatic rings. The quantitative estimate of drug-likeness (QED) is 0.550. The van der Waals surface area contributed by atoms with Crippen molar-refractivity contribution < 1.29 is 0 Å². The lowest BCUT2D eigenvalue weighted by Crippen LogP contribution is -2.14. The summed E-state index contributed by atoms with van der Waals surface area (Å²) < 4.78 is 0. The number of aromatic nitrogens is 2. The molecule has 0 amide bonds. The van der Waals surface area contributed by atoms with Crippen LogP contribution in [0, 0.1) is 13.8 Å². The van der Waals surface area contributed by atoms with Gasteiger partial charge in [-0.1, -0.05) is 27.7 Å². The first-order valence-corrected chi connectivity index (χ1v) is 13.7. The molecule has 0 saturated heterocycles. The summed E-state index contributed by atoms with van der Waals surface area (Å²) in [7, 11) is 0. The van der Waals surface area contributed by atoms with Crippen molar-refractivity contribution in [2.24, 2.45) is 9.98 Å². The molecule has 8 bridgehead atoms. The summed E-state index contributed by atoms with van der Waals surface area (Å²) in [5.74, 6) is 0. The number of aromatic amines is 2. The molecule has 1 atom stereocenters. The van der Waals surface area contributed by atoms with E-state index in [1.54, 1.807) is 0 Å². The van der Waals surface area contributed by atoms with Gasteiger partial charge in [0, 0.05) is 28.5 Å². The standard InChI is InChI=1S/C32H40N4/c1-9-21-17(5)25-14-30-23(11-3)19(7)27(35-30)16-32-24(12-4)20(8)28(36-32)15-31-22(10-2)18(6)26(34-31)13-29(21)33-25/h13-15,32-33,35H,9-12,16H2,1-8H3. The summed E-state index contributed by atoms with van der Waals surface area (Å²) in [5.41, 5.74) is 16.6. The molecule has 0 saturated carbocycles. The van der Waals surface area contributed by atoms with Crippen LogP contribution in [-0.4, -0.2) is 27.4 Å². The Morgan fingerprint density at radius 1 is 0.750 bits per heavy atom. The molecule has 3 aliphatic heterocycles. The van der Waals surface area contributed by atoms with Gasteiger partial charge in [-0.05, 0) is 116 Å². The summed E-state index contributed by atoms with van der Waals surface area (Å²) >= 11 is 0. The third-order valence-electron chi connectivity index (χ3n) is 8.60. The molecule has 4 heteroatoms. The Morgan fingerprint density at radius 2 is 1.50 bits per heavy atom. The summed E-state index contributed by atoms with van der Waals surface area (Å²) in [4.78, 5) is 18.0. The lowest BCUT2D eigenvalue weighted by Gasteiger charge is -2.12. The predicted octanol–water partition coefficient (Wildman–Crippen LogP) is 5.86. The summed E-state index contributed by atoms with van der Waals surface area (Å²) in [6.07, 6.45) is 11.7. The Hall–Kier alpha value is -3.14. The predicted molar refractivity (Wildman–Crippen MR) is 154 cm³/mol. The van der Waals surface area contributed by atoms with Gasteiger partial charge in [-0.3, -0.25) is 4.99 Å². The topological polar surface area (TPSA) is 56.3 Å². The maximum absolute atomic E-state index is 5.27. The van der Waals surface area contributed by atoms with Crippen molar-refractivity contribution in [1.29, 1.82) is 0 Å². The van der Waals surface area contributed by atoms with Gasteiger partial charge in [0.25, 0.3) is 0 Å². The van der Waals surface area contributed by atoms with E-state index in [1.807, 2.05) is 0 Å². The first-order chi connectivity index (χ1) is 17.3. The zero-order valence-electron chi connectivity index (χ0n) is 23.2. The second kappa shape index (κ2) is 9.38. The van der Waals surface area contributed by atoms with Crippen molar-refractivity contribution in [3.05, 3.63) is 78.4 Å². The van der Waals surface area contributed by atoms with E-state index in [0.717, 1.165) is 49.2 Å². The smallest absolute Gasteiger partial charge is 0.0777 e. The normalized spacial score (nSPS) is 19.3. The number of H-pyrrole nitrogens is 2. The number of nitrogens with one attached hydrogen (secondary N) is 2. The zero-order valence-corrected chi connectivity index (χ0v) is 23.2. The van der Waals surface area contributed by atoms with Gasteiger partial charge in [-0.25, -0.2) is 4.99 Å². The number of rotatable bonds is 4. The Kier molecular flexibility index (Phi) is 6.40. The number of fused-ring (bicyclic) bond motifs is 6. The fourth-order valence-corrected chi connectivity index (χ4v) is 6.41. The highest BCUT2D eigenvalue weighted by Gasteiger charge is 2.27. The van der Waals surface area contributed by atoms with E-state index in [1.165, 1.54) is 66.6 Å². The van der Waals surface area contributed by atoms with Crippen LogP contribution < -0.4 is 10.7 Å². The number of hydrogen-bond donors (Lipinski definition) is 2. The van der Waals surface area contributed by atoms with Crippen LogP contribution in [0.15, 0.2) is 44.1 Å².